The molecule has 0 heterocycles. The predicted molar refractivity (Wildman–Crippen MR) is 103 cm³/mol. The van der Waals surface area contributed by atoms with Crippen LogP contribution in [0, 0.1) is 0 Å². The lowest BCUT2D eigenvalue weighted by Gasteiger charge is -2.12. The van der Waals surface area contributed by atoms with Gasteiger partial charge in [-0.05, 0) is 75.7 Å². The van der Waals surface area contributed by atoms with Gasteiger partial charge in [-0.3, -0.25) is 4.79 Å². The second-order valence-electron chi connectivity index (χ2n) is 7.05. The molecule has 5 heteroatoms. The van der Waals surface area contributed by atoms with Crippen LogP contribution < -0.4 is 9.47 Å². The smallest absolute Gasteiger partial charge is 0.194 e. The van der Waals surface area contributed by atoms with E-state index in [-0.39, 0.29) is 5.78 Å². The van der Waals surface area contributed by atoms with Crippen LogP contribution in [-0.2, 0) is 0 Å². The Bertz CT molecular complexity index is 734. The Morgan fingerprint density at radius 1 is 0.692 bits per heavy atom. The van der Waals surface area contributed by atoms with Crippen molar-refractivity contribution in [3.05, 3.63) is 47.5 Å². The number of carbonyl (C=O) groups is 1. The molecular weight excluding hydrogens is 328 g/mol. The van der Waals surface area contributed by atoms with Crippen LogP contribution in [0.5, 0.6) is 11.5 Å². The van der Waals surface area contributed by atoms with Gasteiger partial charge >= 0.3 is 0 Å². The van der Waals surface area contributed by atoms with E-state index in [1.165, 1.54) is 0 Å². The summed E-state index contributed by atoms with van der Waals surface area (Å²) >= 11 is 0. The van der Waals surface area contributed by atoms with Crippen molar-refractivity contribution in [2.24, 2.45) is 0 Å². The molecule has 0 aliphatic heterocycles. The second kappa shape index (κ2) is 7.89. The third kappa shape index (κ3) is 4.06. The van der Waals surface area contributed by atoms with Gasteiger partial charge in [0.05, 0.1) is 0 Å². The Balaban J connectivity index is 1.75. The van der Waals surface area contributed by atoms with E-state index in [1.54, 1.807) is 0 Å². The highest BCUT2D eigenvalue weighted by atomic mass is 16.5. The van der Waals surface area contributed by atoms with Crippen LogP contribution in [0.2, 0.25) is 0 Å². The zero-order valence-corrected chi connectivity index (χ0v) is 15.9. The van der Waals surface area contributed by atoms with Crippen LogP contribution in [0.3, 0.4) is 0 Å². The van der Waals surface area contributed by atoms with Crippen LogP contribution in [0.1, 0.15) is 15.9 Å². The van der Waals surface area contributed by atoms with E-state index in [9.17, 15) is 4.79 Å². The van der Waals surface area contributed by atoms with Gasteiger partial charge in [-0.25, -0.2) is 0 Å². The van der Waals surface area contributed by atoms with Crippen molar-refractivity contribution in [3.63, 3.8) is 0 Å². The van der Waals surface area contributed by atoms with E-state index in [0.717, 1.165) is 35.7 Å². The number of likely N-dealkylation sites (N-methyl/N-ethyl adjacent to an activating group) is 2. The highest BCUT2D eigenvalue weighted by Crippen LogP contribution is 2.39. The molecule has 2 aromatic carbocycles. The van der Waals surface area contributed by atoms with E-state index in [1.807, 2.05) is 64.6 Å². The van der Waals surface area contributed by atoms with Crippen molar-refractivity contribution in [1.29, 1.82) is 0 Å². The first-order chi connectivity index (χ1) is 12.5. The van der Waals surface area contributed by atoms with Crippen molar-refractivity contribution in [2.75, 3.05) is 54.5 Å². The molecule has 5 nitrogen and oxygen atoms in total. The van der Waals surface area contributed by atoms with Gasteiger partial charge in [0.15, 0.2) is 5.78 Å². The number of benzene rings is 2. The zero-order valence-electron chi connectivity index (χ0n) is 15.9. The van der Waals surface area contributed by atoms with Gasteiger partial charge in [0.2, 0.25) is 0 Å². The van der Waals surface area contributed by atoms with E-state index >= 15 is 0 Å². The van der Waals surface area contributed by atoms with Gasteiger partial charge < -0.3 is 19.3 Å². The summed E-state index contributed by atoms with van der Waals surface area (Å²) in [7, 11) is 8.02. The molecule has 3 rings (SSSR count). The Hall–Kier alpha value is -2.37. The van der Waals surface area contributed by atoms with Crippen LogP contribution in [-0.4, -0.2) is 70.1 Å². The van der Waals surface area contributed by atoms with Crippen LogP contribution in [0.4, 0.5) is 0 Å². The molecule has 0 radical (unpaired) electrons. The first-order valence-corrected chi connectivity index (χ1v) is 8.84. The van der Waals surface area contributed by atoms with Crippen LogP contribution in [0.15, 0.2) is 36.4 Å². The first kappa shape index (κ1) is 18.4. The molecule has 2 aromatic rings. The van der Waals surface area contributed by atoms with Crippen LogP contribution in [0.25, 0.3) is 11.1 Å². The molecule has 138 valence electrons. The minimum atomic E-state index is 0.0334. The molecule has 0 spiro atoms. The number of ketones is 1. The summed E-state index contributed by atoms with van der Waals surface area (Å²) in [6.45, 7) is 2.85. The highest BCUT2D eigenvalue weighted by molar-refractivity contribution is 6.22. The molecule has 0 bridgehead atoms. The van der Waals surface area contributed by atoms with Gasteiger partial charge in [-0.2, -0.15) is 0 Å². The number of fused-ring (bicyclic) bond motifs is 3. The van der Waals surface area contributed by atoms with Gasteiger partial charge in [-0.1, -0.05) is 0 Å². The number of carbonyl (C=O) groups excluding carboxylic acids is 1. The molecule has 0 saturated heterocycles. The molecule has 0 saturated carbocycles. The molecular formula is C21H26N2O3. The standard InChI is InChI=1S/C21H26N2O3/c1-22(2)9-11-25-15-5-7-17-18-8-6-16(26-12-10-23(3)4)14-20(18)21(24)19(17)13-15/h5-8,13-14H,9-12H2,1-4H3. The predicted octanol–water partition coefficient (Wildman–Crippen LogP) is 2.78. The molecule has 0 aromatic heterocycles. The molecule has 1 aliphatic carbocycles. The summed E-state index contributed by atoms with van der Waals surface area (Å²) in [4.78, 5) is 17.0. The highest BCUT2D eigenvalue weighted by Gasteiger charge is 2.27. The number of nitrogens with zero attached hydrogens (tertiary/aromatic N) is 2. The Morgan fingerprint density at radius 2 is 1.12 bits per heavy atom. The summed E-state index contributed by atoms with van der Waals surface area (Å²) in [5.41, 5.74) is 3.33. The summed E-state index contributed by atoms with van der Waals surface area (Å²) < 4.78 is 11.5. The summed E-state index contributed by atoms with van der Waals surface area (Å²) in [6, 6.07) is 11.5. The zero-order chi connectivity index (χ0) is 18.7. The lowest BCUT2D eigenvalue weighted by Crippen LogP contribution is -2.19. The summed E-state index contributed by atoms with van der Waals surface area (Å²) in [5, 5.41) is 0. The molecule has 26 heavy (non-hydrogen) atoms. The quantitative estimate of drug-likeness (QED) is 0.622. The lowest BCUT2D eigenvalue weighted by atomic mass is 10.1. The van der Waals surface area contributed by atoms with E-state index in [0.29, 0.717) is 24.3 Å². The maximum Gasteiger partial charge on any atom is 0.194 e. The maximum absolute atomic E-state index is 12.8. The number of rotatable bonds is 8. The SMILES string of the molecule is CN(C)CCOc1ccc2c(c1)C(=O)c1cc(OCCN(C)C)ccc1-2. The van der Waals surface area contributed by atoms with Gasteiger partial charge in [0.25, 0.3) is 0 Å². The average molecular weight is 354 g/mol. The number of hydrogen-bond donors (Lipinski definition) is 0. The molecule has 0 atom stereocenters. The summed E-state index contributed by atoms with van der Waals surface area (Å²) in [6.07, 6.45) is 0. The van der Waals surface area contributed by atoms with Crippen molar-refractivity contribution < 1.29 is 14.3 Å². The minimum absolute atomic E-state index is 0.0334. The number of hydrogen-bond acceptors (Lipinski definition) is 5. The monoisotopic (exact) mass is 354 g/mol. The molecule has 1 aliphatic rings. The Morgan fingerprint density at radius 3 is 1.50 bits per heavy atom. The maximum atomic E-state index is 12.8. The Labute approximate surface area is 155 Å². The fourth-order valence-corrected chi connectivity index (χ4v) is 2.91. The fraction of sp³-hybridized carbons (Fsp3) is 0.381. The Kier molecular flexibility index (Phi) is 5.59. The number of ether oxygens (including phenoxy) is 2. The third-order valence-corrected chi connectivity index (χ3v) is 4.38. The van der Waals surface area contributed by atoms with Crippen molar-refractivity contribution in [1.82, 2.24) is 9.80 Å². The van der Waals surface area contributed by atoms with E-state index < -0.39 is 0 Å². The second-order valence-corrected chi connectivity index (χ2v) is 7.05. The van der Waals surface area contributed by atoms with E-state index in [2.05, 4.69) is 9.80 Å². The van der Waals surface area contributed by atoms with Gasteiger partial charge in [0.1, 0.15) is 24.7 Å². The molecule has 0 fully saturated rings. The van der Waals surface area contributed by atoms with Gasteiger partial charge in [0, 0.05) is 24.2 Å². The third-order valence-electron chi connectivity index (χ3n) is 4.38. The average Bonchev–Trinajstić information content (AvgIpc) is 2.86. The van der Waals surface area contributed by atoms with E-state index in [4.69, 9.17) is 9.47 Å². The largest absolute Gasteiger partial charge is 0.492 e. The minimum Gasteiger partial charge on any atom is -0.492 e. The first-order valence-electron chi connectivity index (χ1n) is 8.84. The molecule has 0 N–H and O–H groups in total. The normalized spacial score (nSPS) is 12.5. The summed E-state index contributed by atoms with van der Waals surface area (Å²) in [5.74, 6) is 1.49. The van der Waals surface area contributed by atoms with Crippen molar-refractivity contribution >= 4 is 5.78 Å². The fourth-order valence-electron chi connectivity index (χ4n) is 2.91. The van der Waals surface area contributed by atoms with Crippen molar-refractivity contribution in [3.8, 4) is 22.6 Å². The molecule has 0 unspecified atom stereocenters. The van der Waals surface area contributed by atoms with Gasteiger partial charge in [-0.15, -0.1) is 0 Å². The molecule has 0 amide bonds. The van der Waals surface area contributed by atoms with Crippen LogP contribution >= 0.6 is 0 Å². The lowest BCUT2D eigenvalue weighted by molar-refractivity contribution is 0.104. The van der Waals surface area contributed by atoms with Crippen molar-refractivity contribution in [2.45, 2.75) is 0 Å². The topological polar surface area (TPSA) is 42.0 Å².